The maximum absolute atomic E-state index is 12.6. The molecule has 0 radical (unpaired) electrons. The second-order valence-electron chi connectivity index (χ2n) is 9.39. The van der Waals surface area contributed by atoms with Crippen molar-refractivity contribution in [1.29, 1.82) is 0 Å². The lowest BCUT2D eigenvalue weighted by molar-refractivity contribution is 0.0218. The third kappa shape index (κ3) is 5.30. The minimum absolute atomic E-state index is 0.110. The Hall–Kier alpha value is -3.61. The number of carbonyl (C=O) groups is 2. The van der Waals surface area contributed by atoms with Crippen molar-refractivity contribution in [3.63, 3.8) is 0 Å². The molecular weight excluding hydrogens is 430 g/mol. The highest BCUT2D eigenvalue weighted by Gasteiger charge is 2.34. The number of esters is 1. The Labute approximate surface area is 200 Å². The highest BCUT2D eigenvalue weighted by atomic mass is 16.6. The molecule has 1 atom stereocenters. The van der Waals surface area contributed by atoms with Crippen molar-refractivity contribution in [2.24, 2.45) is 0 Å². The van der Waals surface area contributed by atoms with Crippen LogP contribution in [-0.4, -0.2) is 45.7 Å². The van der Waals surface area contributed by atoms with Gasteiger partial charge in [0.25, 0.3) is 0 Å². The zero-order valence-electron chi connectivity index (χ0n) is 20.1. The number of imidazole rings is 1. The van der Waals surface area contributed by atoms with Crippen LogP contribution < -0.4 is 0 Å². The molecule has 0 saturated carbocycles. The van der Waals surface area contributed by atoms with Gasteiger partial charge in [0, 0.05) is 6.54 Å². The van der Waals surface area contributed by atoms with E-state index in [-0.39, 0.29) is 18.1 Å². The smallest absolute Gasteiger partial charge is 0.410 e. The second kappa shape index (κ2) is 9.71. The summed E-state index contributed by atoms with van der Waals surface area (Å²) < 4.78 is 10.6. The van der Waals surface area contributed by atoms with Crippen molar-refractivity contribution in [2.75, 3.05) is 13.2 Å². The quantitative estimate of drug-likeness (QED) is 0.472. The first-order chi connectivity index (χ1) is 16.2. The summed E-state index contributed by atoms with van der Waals surface area (Å²) in [7, 11) is 0. The Balaban J connectivity index is 1.47. The summed E-state index contributed by atoms with van der Waals surface area (Å²) in [6, 6.07) is 15.4. The van der Waals surface area contributed by atoms with E-state index >= 15 is 0 Å². The summed E-state index contributed by atoms with van der Waals surface area (Å²) in [5.41, 5.74) is 3.98. The first-order valence-corrected chi connectivity index (χ1v) is 11.7. The number of hydrogen-bond donors (Lipinski definition) is 1. The first-order valence-electron chi connectivity index (χ1n) is 11.7. The van der Waals surface area contributed by atoms with Crippen LogP contribution in [0.2, 0.25) is 0 Å². The number of rotatable bonds is 5. The molecule has 178 valence electrons. The molecule has 1 amide bonds. The summed E-state index contributed by atoms with van der Waals surface area (Å²) in [6.45, 7) is 8.44. The van der Waals surface area contributed by atoms with Crippen molar-refractivity contribution in [1.82, 2.24) is 14.9 Å². The fourth-order valence-corrected chi connectivity index (χ4v) is 4.10. The SMILES string of the molecule is CCOC(=O)c1ccc(-c2ccc(-c3cnc(C4CCCN4C(=O)OC(C)(C)C)[nH]3)cc2)cc1. The highest BCUT2D eigenvalue weighted by Crippen LogP contribution is 2.33. The standard InChI is InChI=1S/C27H31N3O4/c1-5-33-25(31)21-14-10-19(11-15-21)18-8-12-20(13-9-18)22-17-28-24(29-22)23-7-6-16-30(23)26(32)34-27(2,3)4/h8-15,17,23H,5-7,16H2,1-4H3,(H,28,29). The molecule has 1 aromatic heterocycles. The van der Waals surface area contributed by atoms with Crippen molar-refractivity contribution in [3.8, 4) is 22.4 Å². The third-order valence-electron chi connectivity index (χ3n) is 5.72. The zero-order valence-corrected chi connectivity index (χ0v) is 20.1. The van der Waals surface area contributed by atoms with Crippen LogP contribution in [0.3, 0.4) is 0 Å². The average molecular weight is 462 g/mol. The van der Waals surface area contributed by atoms with E-state index in [0.29, 0.717) is 18.7 Å². The van der Waals surface area contributed by atoms with Crippen LogP contribution >= 0.6 is 0 Å². The molecule has 1 fully saturated rings. The van der Waals surface area contributed by atoms with Gasteiger partial charge >= 0.3 is 12.1 Å². The Morgan fingerprint density at radius 3 is 2.26 bits per heavy atom. The van der Waals surface area contributed by atoms with E-state index in [9.17, 15) is 9.59 Å². The molecule has 7 heteroatoms. The number of ether oxygens (including phenoxy) is 2. The van der Waals surface area contributed by atoms with Crippen LogP contribution in [0.1, 0.15) is 62.8 Å². The predicted molar refractivity (Wildman–Crippen MR) is 130 cm³/mol. The van der Waals surface area contributed by atoms with Gasteiger partial charge in [-0.05, 0) is 69.4 Å². The maximum Gasteiger partial charge on any atom is 0.410 e. The topological polar surface area (TPSA) is 84.5 Å². The van der Waals surface area contributed by atoms with Crippen molar-refractivity contribution < 1.29 is 19.1 Å². The summed E-state index contributed by atoms with van der Waals surface area (Å²) in [6.07, 6.45) is 3.28. The number of aromatic amines is 1. The van der Waals surface area contributed by atoms with Gasteiger partial charge in [0.15, 0.2) is 0 Å². The van der Waals surface area contributed by atoms with E-state index in [0.717, 1.165) is 41.1 Å². The summed E-state index contributed by atoms with van der Waals surface area (Å²) >= 11 is 0. The Bertz CT molecular complexity index is 1140. The molecule has 7 nitrogen and oxygen atoms in total. The number of nitrogens with one attached hydrogen (secondary N) is 1. The Morgan fingerprint density at radius 1 is 1.03 bits per heavy atom. The lowest BCUT2D eigenvalue weighted by atomic mass is 10.0. The van der Waals surface area contributed by atoms with Crippen LogP contribution in [-0.2, 0) is 9.47 Å². The molecule has 4 rings (SSSR count). The molecule has 1 aliphatic heterocycles. The predicted octanol–water partition coefficient (Wildman–Crippen LogP) is 5.99. The molecule has 0 aliphatic carbocycles. The van der Waals surface area contributed by atoms with Crippen LogP contribution in [0.15, 0.2) is 54.7 Å². The monoisotopic (exact) mass is 461 g/mol. The molecule has 1 N–H and O–H groups in total. The minimum Gasteiger partial charge on any atom is -0.462 e. The number of likely N-dealkylation sites (tertiary alicyclic amines) is 1. The first kappa shape index (κ1) is 23.5. The van der Waals surface area contributed by atoms with E-state index < -0.39 is 5.60 Å². The minimum atomic E-state index is -0.528. The lowest BCUT2D eigenvalue weighted by Gasteiger charge is -2.27. The largest absolute Gasteiger partial charge is 0.462 e. The molecule has 0 bridgehead atoms. The van der Waals surface area contributed by atoms with Crippen LogP contribution in [0.4, 0.5) is 4.79 Å². The normalized spacial score (nSPS) is 15.9. The highest BCUT2D eigenvalue weighted by molar-refractivity contribution is 5.90. The molecule has 1 saturated heterocycles. The number of benzene rings is 2. The molecular formula is C27H31N3O4. The Kier molecular flexibility index (Phi) is 6.72. The average Bonchev–Trinajstić information content (AvgIpc) is 3.48. The molecule has 1 aliphatic rings. The lowest BCUT2D eigenvalue weighted by Crippen LogP contribution is -2.36. The van der Waals surface area contributed by atoms with Gasteiger partial charge in [-0.2, -0.15) is 0 Å². The van der Waals surface area contributed by atoms with E-state index in [1.165, 1.54) is 0 Å². The number of amides is 1. The fraction of sp³-hybridized carbons (Fsp3) is 0.370. The number of nitrogens with zero attached hydrogens (tertiary/aromatic N) is 2. The van der Waals surface area contributed by atoms with Crippen molar-refractivity contribution in [3.05, 3.63) is 66.1 Å². The van der Waals surface area contributed by atoms with E-state index in [1.54, 1.807) is 24.0 Å². The molecule has 34 heavy (non-hydrogen) atoms. The number of hydrogen-bond acceptors (Lipinski definition) is 5. The fourth-order valence-electron chi connectivity index (χ4n) is 4.10. The van der Waals surface area contributed by atoms with E-state index in [2.05, 4.69) is 9.97 Å². The molecule has 2 heterocycles. The molecule has 2 aromatic carbocycles. The Morgan fingerprint density at radius 2 is 1.65 bits per heavy atom. The number of carbonyl (C=O) groups excluding carboxylic acids is 2. The summed E-state index contributed by atoms with van der Waals surface area (Å²) in [5, 5.41) is 0. The van der Waals surface area contributed by atoms with Crippen LogP contribution in [0.5, 0.6) is 0 Å². The number of H-pyrrole nitrogens is 1. The van der Waals surface area contributed by atoms with Crippen LogP contribution in [0, 0.1) is 0 Å². The van der Waals surface area contributed by atoms with Gasteiger partial charge < -0.3 is 14.5 Å². The zero-order chi connectivity index (χ0) is 24.3. The van der Waals surface area contributed by atoms with Gasteiger partial charge in [-0.3, -0.25) is 4.90 Å². The number of aromatic nitrogens is 2. The molecule has 0 spiro atoms. The van der Waals surface area contributed by atoms with Crippen molar-refractivity contribution in [2.45, 2.75) is 52.2 Å². The van der Waals surface area contributed by atoms with Crippen LogP contribution in [0.25, 0.3) is 22.4 Å². The van der Waals surface area contributed by atoms with Gasteiger partial charge in [0.05, 0.1) is 30.1 Å². The maximum atomic E-state index is 12.6. The second-order valence-corrected chi connectivity index (χ2v) is 9.39. The molecule has 1 unspecified atom stereocenters. The van der Waals surface area contributed by atoms with Gasteiger partial charge in [0.1, 0.15) is 11.4 Å². The van der Waals surface area contributed by atoms with Crippen molar-refractivity contribution >= 4 is 12.1 Å². The van der Waals surface area contributed by atoms with Gasteiger partial charge in [-0.15, -0.1) is 0 Å². The van der Waals surface area contributed by atoms with E-state index in [1.807, 2.05) is 63.4 Å². The van der Waals surface area contributed by atoms with Gasteiger partial charge in [0.2, 0.25) is 0 Å². The van der Waals surface area contributed by atoms with Gasteiger partial charge in [-0.25, -0.2) is 14.6 Å². The van der Waals surface area contributed by atoms with Gasteiger partial charge in [-0.1, -0.05) is 36.4 Å². The summed E-state index contributed by atoms with van der Waals surface area (Å²) in [5.74, 6) is 0.462. The van der Waals surface area contributed by atoms with E-state index in [4.69, 9.17) is 9.47 Å². The third-order valence-corrected chi connectivity index (χ3v) is 5.72. The molecule has 3 aromatic rings. The summed E-state index contributed by atoms with van der Waals surface area (Å²) in [4.78, 5) is 34.2.